The summed E-state index contributed by atoms with van der Waals surface area (Å²) in [5.41, 5.74) is 2.69. The SMILES string of the molecule is COC1=CCC2=CC=CC2=C1. The molecule has 0 spiro atoms. The Bertz CT molecular complexity index is 290. The van der Waals surface area contributed by atoms with E-state index in [0.29, 0.717) is 0 Å². The molecular weight excluding hydrogens is 136 g/mol. The largest absolute Gasteiger partial charge is 0.497 e. The summed E-state index contributed by atoms with van der Waals surface area (Å²) in [5.74, 6) is 0.976. The highest BCUT2D eigenvalue weighted by molar-refractivity contribution is 5.53. The second-order valence-corrected chi connectivity index (χ2v) is 2.67. The van der Waals surface area contributed by atoms with E-state index in [1.165, 1.54) is 11.1 Å². The van der Waals surface area contributed by atoms with Crippen LogP contribution in [-0.4, -0.2) is 7.11 Å². The van der Waals surface area contributed by atoms with Gasteiger partial charge in [-0.3, -0.25) is 0 Å². The maximum absolute atomic E-state index is 5.12. The average molecular weight is 146 g/mol. The van der Waals surface area contributed by atoms with Crippen molar-refractivity contribution in [1.29, 1.82) is 0 Å². The predicted octanol–water partition coefficient (Wildman–Crippen LogP) is 2.34. The zero-order valence-corrected chi connectivity index (χ0v) is 6.50. The van der Waals surface area contributed by atoms with Crippen LogP contribution in [0.1, 0.15) is 6.42 Å². The Morgan fingerprint density at radius 1 is 1.45 bits per heavy atom. The fourth-order valence-corrected chi connectivity index (χ4v) is 1.36. The minimum atomic E-state index is 0.976. The van der Waals surface area contributed by atoms with E-state index in [1.54, 1.807) is 7.11 Å². The van der Waals surface area contributed by atoms with Crippen molar-refractivity contribution in [2.24, 2.45) is 0 Å². The number of methoxy groups -OCH3 is 1. The van der Waals surface area contributed by atoms with Gasteiger partial charge in [0.1, 0.15) is 5.76 Å². The Kier molecular flexibility index (Phi) is 1.42. The van der Waals surface area contributed by atoms with Gasteiger partial charge < -0.3 is 4.74 Å². The lowest BCUT2D eigenvalue weighted by Crippen LogP contribution is -1.93. The Labute approximate surface area is 66.4 Å². The van der Waals surface area contributed by atoms with Gasteiger partial charge in [0.2, 0.25) is 0 Å². The van der Waals surface area contributed by atoms with Crippen LogP contribution in [0.25, 0.3) is 0 Å². The topological polar surface area (TPSA) is 9.23 Å². The Balaban J connectivity index is 2.32. The number of allylic oxidation sites excluding steroid dienone is 7. The monoisotopic (exact) mass is 146 g/mol. The summed E-state index contributed by atoms with van der Waals surface area (Å²) in [7, 11) is 1.70. The molecule has 0 aliphatic heterocycles. The van der Waals surface area contributed by atoms with E-state index in [4.69, 9.17) is 4.74 Å². The molecule has 0 amide bonds. The summed E-state index contributed by atoms with van der Waals surface area (Å²) in [6.07, 6.45) is 11.5. The van der Waals surface area contributed by atoms with E-state index in [9.17, 15) is 0 Å². The number of fused-ring (bicyclic) bond motifs is 1. The molecule has 0 saturated heterocycles. The third-order valence-electron chi connectivity index (χ3n) is 2.00. The first kappa shape index (κ1) is 6.47. The highest BCUT2D eigenvalue weighted by Crippen LogP contribution is 2.27. The van der Waals surface area contributed by atoms with E-state index in [1.807, 2.05) is 0 Å². The zero-order valence-electron chi connectivity index (χ0n) is 6.50. The summed E-state index contributed by atoms with van der Waals surface area (Å²) in [4.78, 5) is 0. The minimum absolute atomic E-state index is 0.976. The third-order valence-corrected chi connectivity index (χ3v) is 2.00. The number of rotatable bonds is 1. The first-order chi connectivity index (χ1) is 5.40. The molecule has 0 saturated carbocycles. The van der Waals surface area contributed by atoms with Crippen molar-refractivity contribution >= 4 is 0 Å². The normalized spacial score (nSPS) is 20.3. The molecule has 2 rings (SSSR count). The van der Waals surface area contributed by atoms with Crippen LogP contribution in [0.15, 0.2) is 47.3 Å². The summed E-state index contributed by atoms with van der Waals surface area (Å²) < 4.78 is 5.12. The number of ether oxygens (including phenoxy) is 1. The Hall–Kier alpha value is -1.24. The molecular formula is C10H10O. The summed E-state index contributed by atoms with van der Waals surface area (Å²) in [6.45, 7) is 0. The summed E-state index contributed by atoms with van der Waals surface area (Å²) in [6, 6.07) is 0. The van der Waals surface area contributed by atoms with Crippen LogP contribution in [0, 0.1) is 0 Å². The van der Waals surface area contributed by atoms with Gasteiger partial charge in [-0.05, 0) is 29.7 Å². The van der Waals surface area contributed by atoms with Gasteiger partial charge >= 0.3 is 0 Å². The van der Waals surface area contributed by atoms with E-state index < -0.39 is 0 Å². The second-order valence-electron chi connectivity index (χ2n) is 2.67. The average Bonchev–Trinajstić information content (AvgIpc) is 2.50. The molecule has 0 heterocycles. The number of hydrogen-bond acceptors (Lipinski definition) is 1. The van der Waals surface area contributed by atoms with Crippen molar-refractivity contribution in [1.82, 2.24) is 0 Å². The second kappa shape index (κ2) is 2.42. The van der Waals surface area contributed by atoms with Crippen LogP contribution in [0.3, 0.4) is 0 Å². The molecule has 56 valence electrons. The van der Waals surface area contributed by atoms with E-state index in [0.717, 1.165) is 12.2 Å². The molecule has 0 radical (unpaired) electrons. The fraction of sp³-hybridized carbons (Fsp3) is 0.200. The molecule has 0 aromatic carbocycles. The van der Waals surface area contributed by atoms with Crippen LogP contribution >= 0.6 is 0 Å². The Morgan fingerprint density at radius 2 is 2.36 bits per heavy atom. The third kappa shape index (κ3) is 1.03. The highest BCUT2D eigenvalue weighted by Gasteiger charge is 2.10. The molecule has 2 aliphatic rings. The zero-order chi connectivity index (χ0) is 7.68. The lowest BCUT2D eigenvalue weighted by atomic mass is 10.0. The van der Waals surface area contributed by atoms with Crippen molar-refractivity contribution in [2.45, 2.75) is 6.42 Å². The smallest absolute Gasteiger partial charge is 0.115 e. The summed E-state index contributed by atoms with van der Waals surface area (Å²) in [5, 5.41) is 0. The minimum Gasteiger partial charge on any atom is -0.497 e. The molecule has 0 aromatic rings. The Morgan fingerprint density at radius 3 is 3.18 bits per heavy atom. The highest BCUT2D eigenvalue weighted by atomic mass is 16.5. The first-order valence-electron chi connectivity index (χ1n) is 3.73. The van der Waals surface area contributed by atoms with Crippen LogP contribution in [-0.2, 0) is 4.74 Å². The molecule has 0 aromatic heterocycles. The number of hydrogen-bond donors (Lipinski definition) is 0. The van der Waals surface area contributed by atoms with Gasteiger partial charge in [0.05, 0.1) is 7.11 Å². The van der Waals surface area contributed by atoms with E-state index >= 15 is 0 Å². The molecule has 0 atom stereocenters. The van der Waals surface area contributed by atoms with Crippen LogP contribution < -0.4 is 0 Å². The van der Waals surface area contributed by atoms with Gasteiger partial charge in [-0.2, -0.15) is 0 Å². The molecule has 0 unspecified atom stereocenters. The quantitative estimate of drug-likeness (QED) is 0.551. The molecule has 2 aliphatic carbocycles. The standard InChI is InChI=1S/C10H10O/c1-11-10-6-5-8-3-2-4-9(8)7-10/h2-4,6-7H,5H2,1H3. The van der Waals surface area contributed by atoms with Gasteiger partial charge in [0, 0.05) is 0 Å². The predicted molar refractivity (Wildman–Crippen MR) is 45.0 cm³/mol. The van der Waals surface area contributed by atoms with Crippen molar-refractivity contribution in [3.63, 3.8) is 0 Å². The van der Waals surface area contributed by atoms with Gasteiger partial charge in [-0.1, -0.05) is 18.2 Å². The molecule has 1 heteroatoms. The van der Waals surface area contributed by atoms with Crippen molar-refractivity contribution in [2.75, 3.05) is 7.11 Å². The molecule has 0 N–H and O–H groups in total. The van der Waals surface area contributed by atoms with Crippen molar-refractivity contribution < 1.29 is 4.74 Å². The first-order valence-corrected chi connectivity index (χ1v) is 3.73. The molecule has 11 heavy (non-hydrogen) atoms. The lowest BCUT2D eigenvalue weighted by molar-refractivity contribution is 0.304. The van der Waals surface area contributed by atoms with Gasteiger partial charge in [0.15, 0.2) is 0 Å². The van der Waals surface area contributed by atoms with Crippen LogP contribution in [0.5, 0.6) is 0 Å². The van der Waals surface area contributed by atoms with Gasteiger partial charge in [-0.25, -0.2) is 0 Å². The molecule has 0 fully saturated rings. The van der Waals surface area contributed by atoms with Gasteiger partial charge in [-0.15, -0.1) is 0 Å². The van der Waals surface area contributed by atoms with Gasteiger partial charge in [0.25, 0.3) is 0 Å². The molecule has 0 bridgehead atoms. The van der Waals surface area contributed by atoms with Crippen molar-refractivity contribution in [3.05, 3.63) is 47.3 Å². The van der Waals surface area contributed by atoms with Crippen molar-refractivity contribution in [3.8, 4) is 0 Å². The lowest BCUT2D eigenvalue weighted by Gasteiger charge is -2.10. The maximum atomic E-state index is 5.12. The fourth-order valence-electron chi connectivity index (χ4n) is 1.36. The summed E-state index contributed by atoms with van der Waals surface area (Å²) >= 11 is 0. The van der Waals surface area contributed by atoms with Crippen LogP contribution in [0.2, 0.25) is 0 Å². The molecule has 1 nitrogen and oxygen atoms in total. The maximum Gasteiger partial charge on any atom is 0.115 e. The van der Waals surface area contributed by atoms with E-state index in [-0.39, 0.29) is 0 Å². The van der Waals surface area contributed by atoms with E-state index in [2.05, 4.69) is 30.4 Å². The van der Waals surface area contributed by atoms with Crippen LogP contribution in [0.4, 0.5) is 0 Å².